The average molecular weight is 451 g/mol. The smallest absolute Gasteiger partial charge is 0.451 e. The summed E-state index contributed by atoms with van der Waals surface area (Å²) in [6, 6.07) is -0.112. The van der Waals surface area contributed by atoms with Crippen LogP contribution in [0.15, 0.2) is 12.4 Å². The van der Waals surface area contributed by atoms with Gasteiger partial charge in [-0.2, -0.15) is 18.2 Å². The fraction of sp³-hybridized carbons (Fsp3) is 0.550. The van der Waals surface area contributed by atoms with Crippen molar-refractivity contribution >= 4 is 23.4 Å². The second-order valence-corrected chi connectivity index (χ2v) is 8.09. The molecule has 0 unspecified atom stereocenters. The summed E-state index contributed by atoms with van der Waals surface area (Å²) >= 11 is 0. The maximum Gasteiger partial charge on any atom is 0.451 e. The Labute approximate surface area is 182 Å². The first-order valence-corrected chi connectivity index (χ1v) is 10.4. The molecule has 12 heteroatoms. The van der Waals surface area contributed by atoms with Crippen LogP contribution >= 0.6 is 0 Å². The topological polar surface area (TPSA) is 105 Å². The zero-order chi connectivity index (χ0) is 23.0. The molecule has 0 aromatic carbocycles. The number of halogens is 3. The van der Waals surface area contributed by atoms with Gasteiger partial charge in [0.25, 0.3) is 0 Å². The van der Waals surface area contributed by atoms with Crippen molar-refractivity contribution in [3.05, 3.63) is 23.9 Å². The highest BCUT2D eigenvalue weighted by Gasteiger charge is 2.35. The molecule has 172 valence electrons. The second-order valence-electron chi connectivity index (χ2n) is 8.09. The minimum atomic E-state index is -4.57. The minimum Gasteiger partial charge on any atom is -0.490 e. The van der Waals surface area contributed by atoms with E-state index in [9.17, 15) is 18.0 Å². The van der Waals surface area contributed by atoms with Gasteiger partial charge in [0.2, 0.25) is 17.7 Å². The highest BCUT2D eigenvalue weighted by Crippen LogP contribution is 2.35. The number of aromatic nitrogens is 4. The molecule has 1 saturated carbocycles. The Morgan fingerprint density at radius 3 is 2.56 bits per heavy atom. The number of carbonyl (C=O) groups is 1. The van der Waals surface area contributed by atoms with Gasteiger partial charge in [-0.05, 0) is 32.1 Å². The Bertz CT molecular complexity index is 994. The first-order valence-electron chi connectivity index (χ1n) is 10.4. The number of likely N-dealkylation sites (N-methyl/N-ethyl adjacent to an activating group) is 1. The third-order valence-corrected chi connectivity index (χ3v) is 5.75. The lowest BCUT2D eigenvalue weighted by Gasteiger charge is -2.37. The molecule has 1 aliphatic carbocycles. The van der Waals surface area contributed by atoms with Crippen LogP contribution in [0.4, 0.5) is 30.6 Å². The number of fused-ring (bicyclic) bond motifs is 1. The van der Waals surface area contributed by atoms with Gasteiger partial charge in [-0.25, -0.2) is 15.0 Å². The van der Waals surface area contributed by atoms with Crippen LogP contribution in [0, 0.1) is 12.8 Å². The van der Waals surface area contributed by atoms with Crippen molar-refractivity contribution in [3.63, 3.8) is 0 Å². The van der Waals surface area contributed by atoms with E-state index in [1.807, 2.05) is 25.8 Å². The molecule has 1 aliphatic heterocycles. The molecule has 2 N–H and O–H groups in total. The highest BCUT2D eigenvalue weighted by atomic mass is 19.4. The Kier molecular flexibility index (Phi) is 5.78. The fourth-order valence-corrected chi connectivity index (χ4v) is 3.94. The van der Waals surface area contributed by atoms with Crippen LogP contribution in [0.1, 0.15) is 37.7 Å². The summed E-state index contributed by atoms with van der Waals surface area (Å²) in [7, 11) is 1.85. The summed E-state index contributed by atoms with van der Waals surface area (Å²) in [5.74, 6) is 0.398. The third-order valence-electron chi connectivity index (χ3n) is 5.75. The van der Waals surface area contributed by atoms with Crippen LogP contribution in [0.25, 0.3) is 0 Å². The molecule has 0 radical (unpaired) electrons. The van der Waals surface area contributed by atoms with E-state index in [0.29, 0.717) is 36.2 Å². The van der Waals surface area contributed by atoms with Crippen molar-refractivity contribution in [2.45, 2.75) is 51.4 Å². The molecule has 1 fully saturated rings. The molecule has 1 atom stereocenters. The van der Waals surface area contributed by atoms with Crippen LogP contribution in [-0.4, -0.2) is 51.6 Å². The van der Waals surface area contributed by atoms with Gasteiger partial charge < -0.3 is 20.3 Å². The first-order chi connectivity index (χ1) is 15.2. The molecule has 9 nitrogen and oxygen atoms in total. The normalized spacial score (nSPS) is 22.6. The standard InChI is InChI=1S/C20H24F3N7O2/c1-4-14-17(31)28-15-10(2)26-19(29-16(15)30(14)3)27-12-5-11(6-12)9-32-13-7-24-18(25-8-13)20(21,22)23/h7-8,11-12,14H,4-6,9H2,1-3H3,(H,28,31)(H,26,27,29)/t11?,12?,14-/m0/s1. The Balaban J connectivity index is 1.31. The molecule has 2 aromatic heterocycles. The third kappa shape index (κ3) is 4.39. The summed E-state index contributed by atoms with van der Waals surface area (Å²) in [5, 5.41) is 6.22. The Hall–Kier alpha value is -3.18. The van der Waals surface area contributed by atoms with Gasteiger partial charge in [-0.3, -0.25) is 4.79 Å². The molecule has 0 bridgehead atoms. The molecule has 32 heavy (non-hydrogen) atoms. The van der Waals surface area contributed by atoms with Crippen LogP contribution in [0.5, 0.6) is 5.75 Å². The lowest BCUT2D eigenvalue weighted by molar-refractivity contribution is -0.145. The molecule has 4 rings (SSSR count). The highest BCUT2D eigenvalue weighted by molar-refractivity contribution is 6.03. The number of hydrogen-bond donors (Lipinski definition) is 2. The molecular formula is C20H24F3N7O2. The van der Waals surface area contributed by atoms with Gasteiger partial charge in [0, 0.05) is 13.1 Å². The number of alkyl halides is 3. The van der Waals surface area contributed by atoms with E-state index in [2.05, 4.69) is 30.6 Å². The number of ether oxygens (including phenoxy) is 1. The van der Waals surface area contributed by atoms with Crippen LogP contribution in [-0.2, 0) is 11.0 Å². The lowest BCUT2D eigenvalue weighted by Crippen LogP contribution is -2.46. The van der Waals surface area contributed by atoms with Gasteiger partial charge in [0.05, 0.1) is 24.7 Å². The fourth-order valence-electron chi connectivity index (χ4n) is 3.94. The van der Waals surface area contributed by atoms with Crippen LogP contribution in [0.2, 0.25) is 0 Å². The van der Waals surface area contributed by atoms with E-state index < -0.39 is 12.0 Å². The quantitative estimate of drug-likeness (QED) is 0.691. The number of hydrogen-bond acceptors (Lipinski definition) is 8. The van der Waals surface area contributed by atoms with E-state index >= 15 is 0 Å². The number of rotatable bonds is 6. The summed E-state index contributed by atoms with van der Waals surface area (Å²) < 4.78 is 43.0. The summed E-state index contributed by atoms with van der Waals surface area (Å²) in [5.41, 5.74) is 1.32. The average Bonchev–Trinajstić information content (AvgIpc) is 2.70. The zero-order valence-corrected chi connectivity index (χ0v) is 17.9. The van der Waals surface area contributed by atoms with Crippen molar-refractivity contribution < 1.29 is 22.7 Å². The van der Waals surface area contributed by atoms with Crippen molar-refractivity contribution in [1.82, 2.24) is 19.9 Å². The first kappa shape index (κ1) is 22.0. The summed E-state index contributed by atoms with van der Waals surface area (Å²) in [6.45, 7) is 4.14. The van der Waals surface area contributed by atoms with Crippen molar-refractivity contribution in [1.29, 1.82) is 0 Å². The lowest BCUT2D eigenvalue weighted by atomic mass is 9.81. The molecule has 1 amide bonds. The van der Waals surface area contributed by atoms with Crippen molar-refractivity contribution in [2.75, 3.05) is 29.2 Å². The molecule has 3 heterocycles. The molecule has 0 spiro atoms. The number of nitrogens with zero attached hydrogens (tertiary/aromatic N) is 5. The minimum absolute atomic E-state index is 0.0600. The van der Waals surface area contributed by atoms with Gasteiger partial charge in [0.15, 0.2) is 11.6 Å². The van der Waals surface area contributed by atoms with Crippen molar-refractivity contribution in [3.8, 4) is 5.75 Å². The Morgan fingerprint density at radius 2 is 1.94 bits per heavy atom. The number of amides is 1. The molecule has 2 aliphatic rings. The molecule has 0 saturated heterocycles. The largest absolute Gasteiger partial charge is 0.490 e. The number of anilines is 3. The van der Waals surface area contributed by atoms with Gasteiger partial charge >= 0.3 is 6.18 Å². The second kappa shape index (κ2) is 8.40. The summed E-state index contributed by atoms with van der Waals surface area (Å²) in [4.78, 5) is 29.8. The van der Waals surface area contributed by atoms with E-state index in [0.717, 1.165) is 25.2 Å². The van der Waals surface area contributed by atoms with Crippen molar-refractivity contribution in [2.24, 2.45) is 5.92 Å². The van der Waals surface area contributed by atoms with Crippen LogP contribution in [0.3, 0.4) is 0 Å². The van der Waals surface area contributed by atoms with Gasteiger partial charge in [-0.1, -0.05) is 6.92 Å². The van der Waals surface area contributed by atoms with Gasteiger partial charge in [0.1, 0.15) is 11.7 Å². The molecular weight excluding hydrogens is 427 g/mol. The molecule has 2 aromatic rings. The van der Waals surface area contributed by atoms with Gasteiger partial charge in [-0.15, -0.1) is 0 Å². The SMILES string of the molecule is CC[C@H]1C(=O)Nc2c(C)nc(NC3CC(COc4cnc(C(F)(F)F)nc4)C3)nc2N1C. The summed E-state index contributed by atoms with van der Waals surface area (Å²) in [6.07, 6.45) is -0.210. The number of aryl methyl sites for hydroxylation is 1. The van der Waals surface area contributed by atoms with E-state index in [1.165, 1.54) is 0 Å². The predicted molar refractivity (Wildman–Crippen MR) is 111 cm³/mol. The number of carbonyl (C=O) groups excluding carboxylic acids is 1. The number of nitrogens with one attached hydrogen (secondary N) is 2. The van der Waals surface area contributed by atoms with E-state index in [1.54, 1.807) is 0 Å². The van der Waals surface area contributed by atoms with E-state index in [4.69, 9.17) is 4.74 Å². The predicted octanol–water partition coefficient (Wildman–Crippen LogP) is 3.03. The maximum atomic E-state index is 12.5. The zero-order valence-electron chi connectivity index (χ0n) is 17.9. The maximum absolute atomic E-state index is 12.5. The Morgan fingerprint density at radius 1 is 1.25 bits per heavy atom. The monoisotopic (exact) mass is 451 g/mol. The van der Waals surface area contributed by atoms with E-state index in [-0.39, 0.29) is 29.7 Å². The van der Waals surface area contributed by atoms with Crippen LogP contribution < -0.4 is 20.3 Å².